The molecule has 1 heterocycles. The van der Waals surface area contributed by atoms with Gasteiger partial charge in [-0.1, -0.05) is 24.6 Å². The summed E-state index contributed by atoms with van der Waals surface area (Å²) in [5, 5.41) is 11.3. The van der Waals surface area contributed by atoms with Crippen molar-refractivity contribution in [2.45, 2.75) is 19.3 Å². The minimum atomic E-state index is 0.0376. The van der Waals surface area contributed by atoms with Gasteiger partial charge in [0.05, 0.1) is 17.9 Å². The number of benzene rings is 2. The quantitative estimate of drug-likeness (QED) is 0.822. The second-order valence-electron chi connectivity index (χ2n) is 5.97. The van der Waals surface area contributed by atoms with Crippen LogP contribution in [0.4, 0.5) is 17.1 Å². The molecule has 3 rings (SSSR count). The minimum Gasteiger partial charge on any atom is -0.325 e. The lowest BCUT2D eigenvalue weighted by Gasteiger charge is -2.25. The van der Waals surface area contributed by atoms with E-state index in [4.69, 9.17) is 0 Å². The van der Waals surface area contributed by atoms with Gasteiger partial charge in [0.1, 0.15) is 0 Å². The Balaban J connectivity index is 1.52. The number of hydrogen-bond donors (Lipinski definition) is 1. The first-order chi connectivity index (χ1) is 11.8. The summed E-state index contributed by atoms with van der Waals surface area (Å²) in [4.78, 5) is 14.3. The van der Waals surface area contributed by atoms with E-state index in [1.165, 1.54) is 19.3 Å². The predicted molar refractivity (Wildman–Crippen MR) is 96.0 cm³/mol. The summed E-state index contributed by atoms with van der Waals surface area (Å²) >= 11 is 0. The number of anilines is 1. The van der Waals surface area contributed by atoms with Crippen LogP contribution in [0, 0.1) is 0 Å². The predicted octanol–water partition coefficient (Wildman–Crippen LogP) is 4.53. The molecule has 2 aromatic rings. The number of nitrogens with one attached hydrogen (secondary N) is 1. The van der Waals surface area contributed by atoms with Gasteiger partial charge in [-0.15, -0.1) is 0 Å². The standard InChI is InChI=1S/C19H22N4O/c24-19(15-23-13-5-2-6-14-23)20-16-9-11-18(12-10-16)22-21-17-7-3-1-4-8-17/h1,3-4,7-12H,2,5-6,13-15H2,(H,20,24). The van der Waals surface area contributed by atoms with E-state index in [1.807, 2.05) is 54.6 Å². The van der Waals surface area contributed by atoms with E-state index in [9.17, 15) is 4.79 Å². The van der Waals surface area contributed by atoms with Gasteiger partial charge in [0, 0.05) is 5.69 Å². The van der Waals surface area contributed by atoms with E-state index in [-0.39, 0.29) is 5.91 Å². The molecule has 1 fully saturated rings. The zero-order valence-electron chi connectivity index (χ0n) is 13.7. The topological polar surface area (TPSA) is 57.1 Å². The van der Waals surface area contributed by atoms with Gasteiger partial charge in [-0.25, -0.2) is 0 Å². The monoisotopic (exact) mass is 322 g/mol. The molecule has 24 heavy (non-hydrogen) atoms. The minimum absolute atomic E-state index is 0.0376. The molecule has 0 radical (unpaired) electrons. The molecule has 0 saturated carbocycles. The first-order valence-electron chi connectivity index (χ1n) is 8.39. The normalized spacial score (nSPS) is 15.5. The summed E-state index contributed by atoms with van der Waals surface area (Å²) in [5.74, 6) is 0.0376. The van der Waals surface area contributed by atoms with Crippen LogP contribution < -0.4 is 5.32 Å². The molecule has 0 bridgehead atoms. The SMILES string of the molecule is O=C(CN1CCCCC1)Nc1ccc(N=Nc2ccccc2)cc1. The maximum absolute atomic E-state index is 12.1. The van der Waals surface area contributed by atoms with Crippen LogP contribution in [0.25, 0.3) is 0 Å². The molecule has 124 valence electrons. The van der Waals surface area contributed by atoms with Gasteiger partial charge in [0.2, 0.25) is 5.91 Å². The number of carbonyl (C=O) groups excluding carboxylic acids is 1. The first kappa shape index (κ1) is 16.3. The van der Waals surface area contributed by atoms with Crippen molar-refractivity contribution in [2.24, 2.45) is 10.2 Å². The fraction of sp³-hybridized carbons (Fsp3) is 0.316. The molecule has 0 spiro atoms. The number of rotatable bonds is 5. The average Bonchev–Trinajstić information content (AvgIpc) is 2.63. The van der Waals surface area contributed by atoms with Crippen molar-refractivity contribution >= 4 is 23.0 Å². The Labute approximate surface area is 142 Å². The lowest BCUT2D eigenvalue weighted by molar-refractivity contribution is -0.117. The van der Waals surface area contributed by atoms with Gasteiger partial charge < -0.3 is 5.32 Å². The van der Waals surface area contributed by atoms with Gasteiger partial charge in [0.15, 0.2) is 0 Å². The second kappa shape index (κ2) is 8.36. The van der Waals surface area contributed by atoms with E-state index in [0.717, 1.165) is 30.2 Å². The number of amides is 1. The van der Waals surface area contributed by atoms with Gasteiger partial charge >= 0.3 is 0 Å². The van der Waals surface area contributed by atoms with Crippen LogP contribution >= 0.6 is 0 Å². The summed E-state index contributed by atoms with van der Waals surface area (Å²) < 4.78 is 0. The van der Waals surface area contributed by atoms with Crippen LogP contribution in [-0.2, 0) is 4.79 Å². The number of piperidine rings is 1. The third-order valence-corrected chi connectivity index (χ3v) is 4.00. The molecule has 1 aliphatic rings. The zero-order valence-corrected chi connectivity index (χ0v) is 13.7. The fourth-order valence-corrected chi connectivity index (χ4v) is 2.74. The highest BCUT2D eigenvalue weighted by molar-refractivity contribution is 5.92. The average molecular weight is 322 g/mol. The Kier molecular flexibility index (Phi) is 5.69. The molecule has 1 N–H and O–H groups in total. The summed E-state index contributed by atoms with van der Waals surface area (Å²) in [6.07, 6.45) is 3.65. The fourth-order valence-electron chi connectivity index (χ4n) is 2.74. The molecule has 1 aliphatic heterocycles. The van der Waals surface area contributed by atoms with E-state index in [2.05, 4.69) is 20.4 Å². The molecule has 2 aromatic carbocycles. The van der Waals surface area contributed by atoms with Crippen molar-refractivity contribution in [1.29, 1.82) is 0 Å². The van der Waals surface area contributed by atoms with E-state index in [1.54, 1.807) is 0 Å². The van der Waals surface area contributed by atoms with Crippen LogP contribution in [0.15, 0.2) is 64.8 Å². The van der Waals surface area contributed by atoms with E-state index >= 15 is 0 Å². The van der Waals surface area contributed by atoms with Gasteiger partial charge in [0.25, 0.3) is 0 Å². The van der Waals surface area contributed by atoms with Gasteiger partial charge in [-0.05, 0) is 62.3 Å². The molecule has 1 amide bonds. The molecular weight excluding hydrogens is 300 g/mol. The van der Waals surface area contributed by atoms with Gasteiger partial charge in [-0.2, -0.15) is 10.2 Å². The van der Waals surface area contributed by atoms with Crippen LogP contribution in [0.3, 0.4) is 0 Å². The number of likely N-dealkylation sites (tertiary alicyclic amines) is 1. The van der Waals surface area contributed by atoms with Crippen molar-refractivity contribution in [3.63, 3.8) is 0 Å². The Morgan fingerprint density at radius 1 is 0.875 bits per heavy atom. The Morgan fingerprint density at radius 2 is 1.50 bits per heavy atom. The summed E-state index contributed by atoms with van der Waals surface area (Å²) in [5.41, 5.74) is 2.36. The van der Waals surface area contributed by atoms with E-state index < -0.39 is 0 Å². The van der Waals surface area contributed by atoms with Crippen molar-refractivity contribution in [1.82, 2.24) is 4.90 Å². The molecule has 0 unspecified atom stereocenters. The Bertz CT molecular complexity index is 676. The summed E-state index contributed by atoms with van der Waals surface area (Å²) in [7, 11) is 0. The molecule has 0 aliphatic carbocycles. The van der Waals surface area contributed by atoms with E-state index in [0.29, 0.717) is 6.54 Å². The van der Waals surface area contributed by atoms with Crippen LogP contribution in [0.2, 0.25) is 0 Å². The van der Waals surface area contributed by atoms with Gasteiger partial charge in [-0.3, -0.25) is 9.69 Å². The number of hydrogen-bond acceptors (Lipinski definition) is 4. The van der Waals surface area contributed by atoms with Crippen LogP contribution in [-0.4, -0.2) is 30.4 Å². The highest BCUT2D eigenvalue weighted by Crippen LogP contribution is 2.20. The van der Waals surface area contributed by atoms with Crippen molar-refractivity contribution in [3.8, 4) is 0 Å². The molecule has 1 saturated heterocycles. The Hall–Kier alpha value is -2.53. The third kappa shape index (κ3) is 4.99. The highest BCUT2D eigenvalue weighted by atomic mass is 16.2. The number of nitrogens with zero attached hydrogens (tertiary/aromatic N) is 3. The third-order valence-electron chi connectivity index (χ3n) is 4.00. The van der Waals surface area contributed by atoms with Crippen molar-refractivity contribution in [3.05, 3.63) is 54.6 Å². The first-order valence-corrected chi connectivity index (χ1v) is 8.39. The molecule has 0 aromatic heterocycles. The number of carbonyl (C=O) groups is 1. The summed E-state index contributed by atoms with van der Waals surface area (Å²) in [6.45, 7) is 2.51. The maximum atomic E-state index is 12.1. The highest BCUT2D eigenvalue weighted by Gasteiger charge is 2.13. The van der Waals surface area contributed by atoms with Crippen molar-refractivity contribution < 1.29 is 4.79 Å². The Morgan fingerprint density at radius 3 is 2.17 bits per heavy atom. The molecule has 5 heteroatoms. The lowest BCUT2D eigenvalue weighted by atomic mass is 10.1. The zero-order chi connectivity index (χ0) is 16.6. The van der Waals surface area contributed by atoms with Crippen LogP contribution in [0.1, 0.15) is 19.3 Å². The largest absolute Gasteiger partial charge is 0.325 e. The molecule has 0 atom stereocenters. The summed E-state index contributed by atoms with van der Waals surface area (Å²) in [6, 6.07) is 17.0. The van der Waals surface area contributed by atoms with Crippen molar-refractivity contribution in [2.75, 3.05) is 25.0 Å². The van der Waals surface area contributed by atoms with Crippen LogP contribution in [0.5, 0.6) is 0 Å². The molecular formula is C19H22N4O. The second-order valence-corrected chi connectivity index (χ2v) is 5.97. The molecule has 5 nitrogen and oxygen atoms in total. The number of azo groups is 1. The maximum Gasteiger partial charge on any atom is 0.238 e. The lowest BCUT2D eigenvalue weighted by Crippen LogP contribution is -2.36. The smallest absolute Gasteiger partial charge is 0.238 e.